The van der Waals surface area contributed by atoms with Gasteiger partial charge < -0.3 is 14.5 Å². The molecule has 5 aromatic rings. The molecule has 1 aliphatic heterocycles. The maximum atomic E-state index is 12.9. The SMILES string of the molecule is O=C(Nc1nc(-c2ccc3c(c2)OCCO3)cs1)c1cnn2c1[nH]c(=O)c1ccccc12. The number of nitrogens with one attached hydrogen (secondary N) is 2. The molecule has 0 aliphatic carbocycles. The standard InChI is InChI=1S/C22H15N5O4S/c28-20-13-3-1-2-4-16(13)27-19(25-20)14(10-23-27)21(29)26-22-24-15(11-32-22)12-5-6-17-18(9-12)31-8-7-30-17/h1-6,9-11H,7-8H2,(H,25,28)(H,24,26,29). The second-order valence-electron chi connectivity index (χ2n) is 7.14. The van der Waals surface area contributed by atoms with Crippen LogP contribution in [0.1, 0.15) is 10.4 Å². The first-order valence-electron chi connectivity index (χ1n) is 9.83. The monoisotopic (exact) mass is 445 g/mol. The summed E-state index contributed by atoms with van der Waals surface area (Å²) in [4.78, 5) is 32.6. The van der Waals surface area contributed by atoms with Crippen molar-refractivity contribution in [3.05, 3.63) is 70.0 Å². The predicted octanol–water partition coefficient (Wildman–Crippen LogP) is 3.32. The fraction of sp³-hybridized carbons (Fsp3) is 0.0909. The summed E-state index contributed by atoms with van der Waals surface area (Å²) in [6.07, 6.45) is 1.43. The second kappa shape index (κ2) is 7.20. The Morgan fingerprint density at radius 1 is 1.12 bits per heavy atom. The summed E-state index contributed by atoms with van der Waals surface area (Å²) in [5.74, 6) is 0.974. The number of para-hydroxylation sites is 1. The number of hydrogen-bond donors (Lipinski definition) is 2. The van der Waals surface area contributed by atoms with Crippen LogP contribution < -0.4 is 20.3 Å². The zero-order valence-corrected chi connectivity index (χ0v) is 17.3. The molecule has 6 rings (SSSR count). The molecular formula is C22H15N5O4S. The van der Waals surface area contributed by atoms with Crippen molar-refractivity contribution in [3.63, 3.8) is 0 Å². The predicted molar refractivity (Wildman–Crippen MR) is 120 cm³/mol. The largest absolute Gasteiger partial charge is 0.486 e. The van der Waals surface area contributed by atoms with Crippen molar-refractivity contribution < 1.29 is 14.3 Å². The average Bonchev–Trinajstić information content (AvgIpc) is 3.46. The van der Waals surface area contributed by atoms with Crippen molar-refractivity contribution in [2.75, 3.05) is 18.5 Å². The molecule has 9 nitrogen and oxygen atoms in total. The molecule has 158 valence electrons. The molecule has 0 unspecified atom stereocenters. The van der Waals surface area contributed by atoms with E-state index in [1.165, 1.54) is 17.5 Å². The molecule has 10 heteroatoms. The highest BCUT2D eigenvalue weighted by Crippen LogP contribution is 2.35. The van der Waals surface area contributed by atoms with Gasteiger partial charge in [-0.2, -0.15) is 5.10 Å². The molecule has 0 fully saturated rings. The van der Waals surface area contributed by atoms with E-state index in [2.05, 4.69) is 20.4 Å². The molecule has 2 aromatic carbocycles. The number of carbonyl (C=O) groups excluding carboxylic acids is 1. The summed E-state index contributed by atoms with van der Waals surface area (Å²) in [6.45, 7) is 1.04. The Morgan fingerprint density at radius 2 is 1.97 bits per heavy atom. The molecule has 32 heavy (non-hydrogen) atoms. The molecule has 0 saturated heterocycles. The van der Waals surface area contributed by atoms with E-state index in [1.807, 2.05) is 29.6 Å². The van der Waals surface area contributed by atoms with Gasteiger partial charge in [-0.3, -0.25) is 14.9 Å². The lowest BCUT2D eigenvalue weighted by atomic mass is 10.1. The summed E-state index contributed by atoms with van der Waals surface area (Å²) in [6, 6.07) is 12.7. The van der Waals surface area contributed by atoms with E-state index in [1.54, 1.807) is 22.7 Å². The molecule has 0 radical (unpaired) electrons. The van der Waals surface area contributed by atoms with Gasteiger partial charge in [0.15, 0.2) is 16.6 Å². The number of hydrogen-bond acceptors (Lipinski definition) is 7. The Labute approximate surface area is 184 Å². The molecule has 4 heterocycles. The summed E-state index contributed by atoms with van der Waals surface area (Å²) >= 11 is 1.30. The number of aromatic amines is 1. The minimum Gasteiger partial charge on any atom is -0.486 e. The fourth-order valence-electron chi connectivity index (χ4n) is 3.67. The molecule has 0 bridgehead atoms. The number of aromatic nitrogens is 4. The van der Waals surface area contributed by atoms with Gasteiger partial charge in [0.1, 0.15) is 24.4 Å². The summed E-state index contributed by atoms with van der Waals surface area (Å²) < 4.78 is 12.7. The zero-order chi connectivity index (χ0) is 21.7. The highest BCUT2D eigenvalue weighted by atomic mass is 32.1. The number of fused-ring (bicyclic) bond motifs is 4. The van der Waals surface area contributed by atoms with Gasteiger partial charge in [0.25, 0.3) is 11.5 Å². The first-order valence-corrected chi connectivity index (χ1v) is 10.7. The lowest BCUT2D eigenvalue weighted by Crippen LogP contribution is -2.15. The van der Waals surface area contributed by atoms with E-state index in [0.717, 1.165) is 5.56 Å². The summed E-state index contributed by atoms with van der Waals surface area (Å²) in [7, 11) is 0. The van der Waals surface area contributed by atoms with Crippen molar-refractivity contribution in [1.82, 2.24) is 19.6 Å². The van der Waals surface area contributed by atoms with Crippen molar-refractivity contribution in [1.29, 1.82) is 0 Å². The molecule has 0 spiro atoms. The number of amides is 1. The van der Waals surface area contributed by atoms with Crippen LogP contribution in [-0.2, 0) is 0 Å². The third-order valence-electron chi connectivity index (χ3n) is 5.19. The van der Waals surface area contributed by atoms with E-state index in [4.69, 9.17) is 9.47 Å². The quantitative estimate of drug-likeness (QED) is 0.441. The Hall–Kier alpha value is -4.18. The van der Waals surface area contributed by atoms with E-state index in [0.29, 0.717) is 52.1 Å². The Balaban J connectivity index is 1.30. The van der Waals surface area contributed by atoms with E-state index >= 15 is 0 Å². The van der Waals surface area contributed by atoms with Crippen LogP contribution >= 0.6 is 11.3 Å². The number of benzene rings is 2. The average molecular weight is 445 g/mol. The Bertz CT molecular complexity index is 1570. The summed E-state index contributed by atoms with van der Waals surface area (Å²) in [5, 5.41) is 9.87. The molecule has 2 N–H and O–H groups in total. The van der Waals surface area contributed by atoms with Crippen LogP contribution in [0.15, 0.2) is 58.8 Å². The lowest BCUT2D eigenvalue weighted by molar-refractivity contribution is 0.102. The van der Waals surface area contributed by atoms with Crippen LogP contribution in [0.25, 0.3) is 27.8 Å². The topological polar surface area (TPSA) is 111 Å². The third-order valence-corrected chi connectivity index (χ3v) is 5.94. The molecular weight excluding hydrogens is 430 g/mol. The highest BCUT2D eigenvalue weighted by Gasteiger charge is 2.18. The Morgan fingerprint density at radius 3 is 2.88 bits per heavy atom. The molecule has 1 aliphatic rings. The summed E-state index contributed by atoms with van der Waals surface area (Å²) in [5.41, 5.74) is 2.50. The van der Waals surface area contributed by atoms with Crippen LogP contribution in [0.2, 0.25) is 0 Å². The van der Waals surface area contributed by atoms with E-state index in [-0.39, 0.29) is 11.1 Å². The number of nitrogens with zero attached hydrogens (tertiary/aromatic N) is 3. The maximum absolute atomic E-state index is 12.9. The van der Waals surface area contributed by atoms with Gasteiger partial charge in [-0.15, -0.1) is 11.3 Å². The Kier molecular flexibility index (Phi) is 4.18. The lowest BCUT2D eigenvalue weighted by Gasteiger charge is -2.18. The smallest absolute Gasteiger partial charge is 0.262 e. The number of ether oxygens (including phenoxy) is 2. The van der Waals surface area contributed by atoms with Crippen molar-refractivity contribution in [2.24, 2.45) is 0 Å². The van der Waals surface area contributed by atoms with Gasteiger partial charge >= 0.3 is 0 Å². The minimum atomic E-state index is -0.408. The molecule has 0 atom stereocenters. The molecule has 0 saturated carbocycles. The van der Waals surface area contributed by atoms with Gasteiger partial charge in [0.2, 0.25) is 0 Å². The molecule has 1 amide bonds. The number of anilines is 1. The normalized spacial score (nSPS) is 12.9. The van der Waals surface area contributed by atoms with Gasteiger partial charge in [0, 0.05) is 10.9 Å². The fourth-order valence-corrected chi connectivity index (χ4v) is 4.39. The van der Waals surface area contributed by atoms with Crippen molar-refractivity contribution >= 4 is 38.9 Å². The first kappa shape index (κ1) is 18.6. The van der Waals surface area contributed by atoms with Crippen LogP contribution in [0.5, 0.6) is 11.5 Å². The van der Waals surface area contributed by atoms with Gasteiger partial charge in [-0.25, -0.2) is 9.50 Å². The number of carbonyl (C=O) groups is 1. The maximum Gasteiger partial charge on any atom is 0.262 e. The first-order chi connectivity index (χ1) is 15.7. The zero-order valence-electron chi connectivity index (χ0n) is 16.5. The van der Waals surface area contributed by atoms with Crippen LogP contribution in [-0.4, -0.2) is 38.7 Å². The number of H-pyrrole nitrogens is 1. The van der Waals surface area contributed by atoms with E-state index < -0.39 is 5.91 Å². The van der Waals surface area contributed by atoms with Gasteiger partial charge in [-0.1, -0.05) is 12.1 Å². The molecule has 3 aromatic heterocycles. The van der Waals surface area contributed by atoms with Crippen LogP contribution in [0.3, 0.4) is 0 Å². The minimum absolute atomic E-state index is 0.254. The van der Waals surface area contributed by atoms with Gasteiger partial charge in [0.05, 0.1) is 22.8 Å². The van der Waals surface area contributed by atoms with E-state index in [9.17, 15) is 9.59 Å². The van der Waals surface area contributed by atoms with Gasteiger partial charge in [-0.05, 0) is 30.3 Å². The number of rotatable bonds is 3. The van der Waals surface area contributed by atoms with Crippen LogP contribution in [0, 0.1) is 0 Å². The van der Waals surface area contributed by atoms with Crippen molar-refractivity contribution in [3.8, 4) is 22.8 Å². The third kappa shape index (κ3) is 3.00. The van der Waals surface area contributed by atoms with Crippen LogP contribution in [0.4, 0.5) is 5.13 Å². The van der Waals surface area contributed by atoms with Crippen molar-refractivity contribution in [2.45, 2.75) is 0 Å². The highest BCUT2D eigenvalue weighted by molar-refractivity contribution is 7.14. The second-order valence-corrected chi connectivity index (χ2v) is 8.00. The number of thiazole rings is 1.